The highest BCUT2D eigenvalue weighted by atomic mass is 16.5. The number of methoxy groups -OCH3 is 1. The van der Waals surface area contributed by atoms with E-state index >= 15 is 0 Å². The van der Waals surface area contributed by atoms with Crippen molar-refractivity contribution in [3.05, 3.63) is 36.0 Å². The Morgan fingerprint density at radius 2 is 2.00 bits per heavy atom. The van der Waals surface area contributed by atoms with Gasteiger partial charge in [-0.15, -0.1) is 0 Å². The summed E-state index contributed by atoms with van der Waals surface area (Å²) in [5, 5.41) is 1.31. The van der Waals surface area contributed by atoms with E-state index in [1.807, 2.05) is 0 Å². The maximum Gasteiger partial charge on any atom is 0.0701 e. The second-order valence-corrected chi connectivity index (χ2v) is 4.32. The molecule has 0 unspecified atom stereocenters. The number of benzene rings is 1. The molecule has 0 aliphatic heterocycles. The van der Waals surface area contributed by atoms with Crippen molar-refractivity contribution >= 4 is 10.9 Å². The minimum absolute atomic E-state index is 0.659. The minimum atomic E-state index is 0.659. The van der Waals surface area contributed by atoms with Gasteiger partial charge in [-0.3, -0.25) is 0 Å². The molecule has 3 heteroatoms. The molecule has 0 radical (unpaired) electrons. The number of hydrogen-bond donors (Lipinski definition) is 0. The smallest absolute Gasteiger partial charge is 0.0701 e. The molecule has 0 atom stereocenters. The molecule has 0 fully saturated rings. The molecule has 0 saturated carbocycles. The predicted molar refractivity (Wildman–Crippen MR) is 74.0 cm³/mol. The summed E-state index contributed by atoms with van der Waals surface area (Å²) < 4.78 is 12.8. The monoisotopic (exact) mass is 247 g/mol. The van der Waals surface area contributed by atoms with Gasteiger partial charge in [0.2, 0.25) is 0 Å². The van der Waals surface area contributed by atoms with Crippen LogP contribution in [0.5, 0.6) is 0 Å². The van der Waals surface area contributed by atoms with Gasteiger partial charge in [0.25, 0.3) is 0 Å². The zero-order chi connectivity index (χ0) is 12.8. The maximum absolute atomic E-state index is 5.52. The fourth-order valence-electron chi connectivity index (χ4n) is 2.22. The van der Waals surface area contributed by atoms with E-state index in [9.17, 15) is 0 Å². The molecule has 1 heterocycles. The van der Waals surface area contributed by atoms with Crippen molar-refractivity contribution in [1.82, 2.24) is 4.57 Å². The second kappa shape index (κ2) is 6.57. The zero-order valence-corrected chi connectivity index (χ0v) is 11.2. The molecule has 98 valence electrons. The Hall–Kier alpha value is -1.32. The number of ether oxygens (including phenoxy) is 2. The number of hydrogen-bond acceptors (Lipinski definition) is 2. The topological polar surface area (TPSA) is 23.4 Å². The lowest BCUT2D eigenvalue weighted by Gasteiger charge is -2.09. The van der Waals surface area contributed by atoms with E-state index in [-0.39, 0.29) is 0 Å². The van der Waals surface area contributed by atoms with Crippen molar-refractivity contribution in [2.75, 3.05) is 26.9 Å². The number of fused-ring (bicyclic) bond motifs is 1. The molecule has 0 amide bonds. The third-order valence-corrected chi connectivity index (χ3v) is 3.16. The van der Waals surface area contributed by atoms with E-state index in [0.717, 1.165) is 19.6 Å². The van der Waals surface area contributed by atoms with Gasteiger partial charge in [-0.2, -0.15) is 0 Å². The molecule has 2 rings (SSSR count). The average molecular weight is 247 g/mol. The number of rotatable bonds is 7. The van der Waals surface area contributed by atoms with Crippen LogP contribution in [0.25, 0.3) is 10.9 Å². The van der Waals surface area contributed by atoms with Gasteiger partial charge >= 0.3 is 0 Å². The first kappa shape index (κ1) is 13.1. The molecule has 0 N–H and O–H groups in total. The standard InChI is InChI=1S/C15H21NO2/c1-3-13-5-4-6-14-7-8-16(15(13)14)9-10-18-12-11-17-2/h4-8H,3,9-12H2,1-2H3. The van der Waals surface area contributed by atoms with Gasteiger partial charge in [0.1, 0.15) is 0 Å². The predicted octanol–water partition coefficient (Wildman–Crippen LogP) is 2.87. The van der Waals surface area contributed by atoms with Gasteiger partial charge < -0.3 is 14.0 Å². The van der Waals surface area contributed by atoms with Crippen LogP contribution in [0.2, 0.25) is 0 Å². The molecule has 1 aromatic heterocycles. The number of aromatic nitrogens is 1. The fourth-order valence-corrected chi connectivity index (χ4v) is 2.22. The molecular weight excluding hydrogens is 226 g/mol. The van der Waals surface area contributed by atoms with Gasteiger partial charge in [0.05, 0.1) is 25.3 Å². The summed E-state index contributed by atoms with van der Waals surface area (Å²) in [5.74, 6) is 0. The zero-order valence-electron chi connectivity index (χ0n) is 11.2. The molecular formula is C15H21NO2. The molecule has 18 heavy (non-hydrogen) atoms. The minimum Gasteiger partial charge on any atom is -0.382 e. The third kappa shape index (κ3) is 2.92. The van der Waals surface area contributed by atoms with Gasteiger partial charge in [-0.25, -0.2) is 0 Å². The van der Waals surface area contributed by atoms with Crippen molar-refractivity contribution < 1.29 is 9.47 Å². The van der Waals surface area contributed by atoms with Crippen LogP contribution >= 0.6 is 0 Å². The SMILES string of the molecule is CCc1cccc2ccn(CCOCCOC)c12. The molecule has 0 bridgehead atoms. The Morgan fingerprint density at radius 3 is 2.78 bits per heavy atom. The van der Waals surface area contributed by atoms with Gasteiger partial charge in [-0.1, -0.05) is 25.1 Å². The van der Waals surface area contributed by atoms with Gasteiger partial charge in [0, 0.05) is 19.9 Å². The van der Waals surface area contributed by atoms with E-state index in [2.05, 4.69) is 42.0 Å². The summed E-state index contributed by atoms with van der Waals surface area (Å²) in [7, 11) is 1.69. The molecule has 0 aliphatic carbocycles. The number of nitrogens with zero attached hydrogens (tertiary/aromatic N) is 1. The maximum atomic E-state index is 5.52. The number of aryl methyl sites for hydroxylation is 1. The fraction of sp³-hybridized carbons (Fsp3) is 0.467. The summed E-state index contributed by atoms with van der Waals surface area (Å²) in [5.41, 5.74) is 2.74. The summed E-state index contributed by atoms with van der Waals surface area (Å²) in [6, 6.07) is 8.66. The highest BCUT2D eigenvalue weighted by Crippen LogP contribution is 2.20. The lowest BCUT2D eigenvalue weighted by Crippen LogP contribution is -2.09. The van der Waals surface area contributed by atoms with Crippen LogP contribution in [-0.2, 0) is 22.4 Å². The van der Waals surface area contributed by atoms with E-state index in [1.54, 1.807) is 7.11 Å². The van der Waals surface area contributed by atoms with E-state index < -0.39 is 0 Å². The van der Waals surface area contributed by atoms with Crippen LogP contribution in [0, 0.1) is 0 Å². The largest absolute Gasteiger partial charge is 0.382 e. The Morgan fingerprint density at radius 1 is 1.11 bits per heavy atom. The highest BCUT2D eigenvalue weighted by Gasteiger charge is 2.04. The van der Waals surface area contributed by atoms with Crippen LogP contribution in [0.3, 0.4) is 0 Å². The van der Waals surface area contributed by atoms with E-state index in [4.69, 9.17) is 9.47 Å². The average Bonchev–Trinajstić information content (AvgIpc) is 2.82. The lowest BCUT2D eigenvalue weighted by atomic mass is 10.1. The lowest BCUT2D eigenvalue weighted by molar-refractivity contribution is 0.0670. The van der Waals surface area contributed by atoms with Gasteiger partial charge in [-0.05, 0) is 23.4 Å². The Labute approximate surface area is 108 Å². The first-order valence-electron chi connectivity index (χ1n) is 6.50. The van der Waals surface area contributed by atoms with E-state index in [1.165, 1.54) is 16.5 Å². The Kier molecular flexibility index (Phi) is 4.79. The van der Waals surface area contributed by atoms with Crippen LogP contribution in [0.15, 0.2) is 30.5 Å². The third-order valence-electron chi connectivity index (χ3n) is 3.16. The van der Waals surface area contributed by atoms with Crippen molar-refractivity contribution in [3.8, 4) is 0 Å². The summed E-state index contributed by atoms with van der Waals surface area (Å²) >= 11 is 0. The molecule has 3 nitrogen and oxygen atoms in total. The van der Waals surface area contributed by atoms with Crippen molar-refractivity contribution in [3.63, 3.8) is 0 Å². The van der Waals surface area contributed by atoms with Crippen LogP contribution in [0.4, 0.5) is 0 Å². The molecule has 0 spiro atoms. The van der Waals surface area contributed by atoms with E-state index in [0.29, 0.717) is 13.2 Å². The van der Waals surface area contributed by atoms with Crippen LogP contribution in [-0.4, -0.2) is 31.5 Å². The van der Waals surface area contributed by atoms with Crippen LogP contribution < -0.4 is 0 Å². The van der Waals surface area contributed by atoms with Gasteiger partial charge in [0.15, 0.2) is 0 Å². The highest BCUT2D eigenvalue weighted by molar-refractivity contribution is 5.83. The first-order valence-corrected chi connectivity index (χ1v) is 6.50. The molecule has 1 aromatic carbocycles. The Bertz CT molecular complexity index is 490. The molecule has 2 aromatic rings. The molecule has 0 aliphatic rings. The quantitative estimate of drug-likeness (QED) is 0.702. The number of para-hydroxylation sites is 1. The first-order chi connectivity index (χ1) is 8.86. The summed E-state index contributed by atoms with van der Waals surface area (Å²) in [6.45, 7) is 5.14. The second-order valence-electron chi connectivity index (χ2n) is 4.32. The Balaban J connectivity index is 2.04. The summed E-state index contributed by atoms with van der Waals surface area (Å²) in [4.78, 5) is 0. The van der Waals surface area contributed by atoms with Crippen molar-refractivity contribution in [2.45, 2.75) is 19.9 Å². The van der Waals surface area contributed by atoms with Crippen molar-refractivity contribution in [2.24, 2.45) is 0 Å². The van der Waals surface area contributed by atoms with Crippen LogP contribution in [0.1, 0.15) is 12.5 Å². The van der Waals surface area contributed by atoms with Crippen molar-refractivity contribution in [1.29, 1.82) is 0 Å². The normalized spacial score (nSPS) is 11.2. The summed E-state index contributed by atoms with van der Waals surface area (Å²) in [6.07, 6.45) is 3.20. The molecule has 0 saturated heterocycles.